The van der Waals surface area contributed by atoms with Gasteiger partial charge < -0.3 is 4.52 Å². The highest BCUT2D eigenvalue weighted by molar-refractivity contribution is 6.30. The average molecular weight is 501 g/mol. The van der Waals surface area contributed by atoms with E-state index in [1.807, 2.05) is 12.1 Å². The van der Waals surface area contributed by atoms with Crippen LogP contribution in [0.1, 0.15) is 37.8 Å². The molecule has 7 nitrogen and oxygen atoms in total. The number of aromatic nitrogens is 4. The lowest BCUT2D eigenvalue weighted by Crippen LogP contribution is -2.40. The Morgan fingerprint density at radius 2 is 1.56 bits per heavy atom. The van der Waals surface area contributed by atoms with Crippen molar-refractivity contribution < 1.29 is 4.52 Å². The highest BCUT2D eigenvalue weighted by Gasteiger charge is 2.18. The van der Waals surface area contributed by atoms with Gasteiger partial charge >= 0.3 is 5.69 Å². The van der Waals surface area contributed by atoms with Gasteiger partial charge in [-0.2, -0.15) is 4.98 Å². The molecule has 0 aliphatic carbocycles. The zero-order chi connectivity index (χ0) is 25.4. The molecular formula is C28H25ClN4O3. The molecule has 0 fully saturated rings. The van der Waals surface area contributed by atoms with E-state index in [2.05, 4.69) is 43.0 Å². The fraction of sp³-hybridized carbons (Fsp3) is 0.214. The molecule has 0 saturated heterocycles. The first-order valence-corrected chi connectivity index (χ1v) is 12.0. The molecule has 36 heavy (non-hydrogen) atoms. The molecule has 5 rings (SSSR count). The van der Waals surface area contributed by atoms with Crippen LogP contribution in [0.2, 0.25) is 5.02 Å². The molecule has 2 aromatic heterocycles. The second-order valence-electron chi connectivity index (χ2n) is 9.74. The van der Waals surface area contributed by atoms with Crippen molar-refractivity contribution in [1.82, 2.24) is 19.3 Å². The molecule has 2 heterocycles. The number of para-hydroxylation sites is 1. The molecule has 3 aromatic carbocycles. The van der Waals surface area contributed by atoms with E-state index in [0.717, 1.165) is 11.1 Å². The highest BCUT2D eigenvalue weighted by atomic mass is 35.5. The number of rotatable bonds is 5. The molecular weight excluding hydrogens is 476 g/mol. The molecule has 8 heteroatoms. The maximum Gasteiger partial charge on any atom is 0.332 e. The summed E-state index contributed by atoms with van der Waals surface area (Å²) < 4.78 is 8.21. The molecule has 182 valence electrons. The minimum absolute atomic E-state index is 0.0350. The lowest BCUT2D eigenvalue weighted by Gasteiger charge is -2.18. The van der Waals surface area contributed by atoms with E-state index in [1.54, 1.807) is 48.5 Å². The van der Waals surface area contributed by atoms with E-state index >= 15 is 0 Å². The van der Waals surface area contributed by atoms with Gasteiger partial charge in [-0.05, 0) is 40.8 Å². The Bertz CT molecular complexity index is 1660. The van der Waals surface area contributed by atoms with Gasteiger partial charge in [0.1, 0.15) is 6.54 Å². The van der Waals surface area contributed by atoms with Gasteiger partial charge in [0.2, 0.25) is 11.7 Å². The first-order chi connectivity index (χ1) is 17.2. The monoisotopic (exact) mass is 500 g/mol. The largest absolute Gasteiger partial charge is 0.337 e. The van der Waals surface area contributed by atoms with Gasteiger partial charge in [-0.25, -0.2) is 4.79 Å². The molecule has 0 spiro atoms. The van der Waals surface area contributed by atoms with Gasteiger partial charge in [0.05, 0.1) is 17.4 Å². The minimum Gasteiger partial charge on any atom is -0.337 e. The van der Waals surface area contributed by atoms with Crippen LogP contribution in [0, 0.1) is 0 Å². The fourth-order valence-electron chi connectivity index (χ4n) is 4.13. The molecule has 0 amide bonds. The number of benzene rings is 3. The zero-order valence-electron chi connectivity index (χ0n) is 20.2. The van der Waals surface area contributed by atoms with Crippen LogP contribution in [0.5, 0.6) is 0 Å². The van der Waals surface area contributed by atoms with Gasteiger partial charge in [-0.1, -0.05) is 86.1 Å². The van der Waals surface area contributed by atoms with Crippen LogP contribution in [0.4, 0.5) is 0 Å². The molecule has 0 atom stereocenters. The molecule has 0 saturated carbocycles. The van der Waals surface area contributed by atoms with Crippen molar-refractivity contribution in [3.8, 4) is 11.4 Å². The van der Waals surface area contributed by atoms with Crippen molar-refractivity contribution in [2.24, 2.45) is 0 Å². The average Bonchev–Trinajstić information content (AvgIpc) is 3.34. The summed E-state index contributed by atoms with van der Waals surface area (Å²) in [5.41, 5.74) is 2.56. The topological polar surface area (TPSA) is 82.9 Å². The van der Waals surface area contributed by atoms with E-state index in [9.17, 15) is 9.59 Å². The predicted molar refractivity (Wildman–Crippen MR) is 141 cm³/mol. The Labute approximate surface area is 212 Å². The quantitative estimate of drug-likeness (QED) is 0.328. The minimum atomic E-state index is -0.456. The van der Waals surface area contributed by atoms with Crippen molar-refractivity contribution in [2.75, 3.05) is 0 Å². The Morgan fingerprint density at radius 1 is 0.861 bits per heavy atom. The van der Waals surface area contributed by atoms with E-state index in [4.69, 9.17) is 16.1 Å². The summed E-state index contributed by atoms with van der Waals surface area (Å²) in [5, 5.41) is 5.14. The van der Waals surface area contributed by atoms with E-state index in [-0.39, 0.29) is 30.0 Å². The molecule has 0 bridgehead atoms. The van der Waals surface area contributed by atoms with Crippen LogP contribution >= 0.6 is 11.6 Å². The summed E-state index contributed by atoms with van der Waals surface area (Å²) in [6.07, 6.45) is 0. The Balaban J connectivity index is 1.52. The van der Waals surface area contributed by atoms with Crippen LogP contribution in [0.15, 0.2) is 86.9 Å². The third-order valence-corrected chi connectivity index (χ3v) is 6.41. The summed E-state index contributed by atoms with van der Waals surface area (Å²) in [7, 11) is 0. The first-order valence-electron chi connectivity index (χ1n) is 11.6. The normalized spacial score (nSPS) is 11.8. The number of halogens is 1. The van der Waals surface area contributed by atoms with Crippen molar-refractivity contribution in [2.45, 2.75) is 39.3 Å². The Morgan fingerprint density at radius 3 is 2.25 bits per heavy atom. The van der Waals surface area contributed by atoms with Crippen LogP contribution in [-0.4, -0.2) is 19.3 Å². The standard InChI is InChI=1S/C28H25ClN4O3/c1-28(2,3)20-12-10-19(11-13-20)25-30-24(36-31-25)17-32-23-7-5-4-6-22(23)26(34)33(27(32)35)16-18-8-14-21(29)15-9-18/h4-15H,16-17H2,1-3H3. The summed E-state index contributed by atoms with van der Waals surface area (Å²) in [4.78, 5) is 31.2. The maximum atomic E-state index is 13.5. The Hall–Kier alpha value is -3.97. The van der Waals surface area contributed by atoms with E-state index in [1.165, 1.54) is 14.7 Å². The second kappa shape index (κ2) is 9.24. The fourth-order valence-corrected chi connectivity index (χ4v) is 4.25. The number of hydrogen-bond donors (Lipinski definition) is 0. The van der Waals surface area contributed by atoms with Gasteiger partial charge in [0.25, 0.3) is 5.56 Å². The van der Waals surface area contributed by atoms with Crippen LogP contribution in [-0.2, 0) is 18.5 Å². The van der Waals surface area contributed by atoms with Crippen LogP contribution in [0.3, 0.4) is 0 Å². The SMILES string of the molecule is CC(C)(C)c1ccc(-c2noc(Cn3c(=O)n(Cc4ccc(Cl)cc4)c(=O)c4ccccc43)n2)cc1. The lowest BCUT2D eigenvalue weighted by atomic mass is 9.87. The third-order valence-electron chi connectivity index (χ3n) is 6.16. The molecule has 0 unspecified atom stereocenters. The zero-order valence-corrected chi connectivity index (χ0v) is 21.0. The van der Waals surface area contributed by atoms with Gasteiger partial charge in [-0.15, -0.1) is 0 Å². The second-order valence-corrected chi connectivity index (χ2v) is 10.2. The number of fused-ring (bicyclic) bond motifs is 1. The molecule has 0 aliphatic heterocycles. The van der Waals surface area contributed by atoms with Crippen molar-refractivity contribution in [1.29, 1.82) is 0 Å². The summed E-state index contributed by atoms with van der Waals surface area (Å²) in [6, 6.07) is 22.1. The highest BCUT2D eigenvalue weighted by Crippen LogP contribution is 2.25. The van der Waals surface area contributed by atoms with Crippen LogP contribution < -0.4 is 11.2 Å². The van der Waals surface area contributed by atoms with Gasteiger partial charge in [0.15, 0.2) is 0 Å². The van der Waals surface area contributed by atoms with Gasteiger partial charge in [-0.3, -0.25) is 13.9 Å². The predicted octanol–water partition coefficient (Wildman–Crippen LogP) is 5.26. The third kappa shape index (κ3) is 4.62. The number of nitrogens with zero attached hydrogens (tertiary/aromatic N) is 4. The smallest absolute Gasteiger partial charge is 0.332 e. The van der Waals surface area contributed by atoms with E-state index in [0.29, 0.717) is 21.7 Å². The van der Waals surface area contributed by atoms with Crippen molar-refractivity contribution >= 4 is 22.5 Å². The van der Waals surface area contributed by atoms with Gasteiger partial charge in [0, 0.05) is 10.6 Å². The summed E-state index contributed by atoms with van der Waals surface area (Å²) in [5.74, 6) is 0.714. The maximum absolute atomic E-state index is 13.5. The first kappa shape index (κ1) is 23.8. The molecule has 0 radical (unpaired) electrons. The summed E-state index contributed by atoms with van der Waals surface area (Å²) >= 11 is 5.99. The molecule has 0 aliphatic rings. The molecule has 5 aromatic rings. The van der Waals surface area contributed by atoms with Crippen molar-refractivity contribution in [3.05, 3.63) is 116 Å². The lowest BCUT2D eigenvalue weighted by molar-refractivity contribution is 0.369. The van der Waals surface area contributed by atoms with Crippen LogP contribution in [0.25, 0.3) is 22.3 Å². The number of hydrogen-bond acceptors (Lipinski definition) is 5. The molecule has 0 N–H and O–H groups in total. The Kier molecular flexibility index (Phi) is 6.10. The summed E-state index contributed by atoms with van der Waals surface area (Å²) in [6.45, 7) is 6.62. The van der Waals surface area contributed by atoms with Crippen molar-refractivity contribution in [3.63, 3.8) is 0 Å². The van der Waals surface area contributed by atoms with E-state index < -0.39 is 5.69 Å².